The molecular formula is C21H26N6. The Morgan fingerprint density at radius 2 is 1.89 bits per heavy atom. The first-order valence-electron chi connectivity index (χ1n) is 9.52. The summed E-state index contributed by atoms with van der Waals surface area (Å²) < 4.78 is 0. The van der Waals surface area contributed by atoms with E-state index in [1.165, 1.54) is 5.56 Å². The van der Waals surface area contributed by atoms with E-state index in [-0.39, 0.29) is 6.04 Å². The highest BCUT2D eigenvalue weighted by molar-refractivity contribution is 5.74. The van der Waals surface area contributed by atoms with Crippen molar-refractivity contribution < 1.29 is 0 Å². The van der Waals surface area contributed by atoms with E-state index in [4.69, 9.17) is 0 Å². The minimum atomic E-state index is 0.150. The lowest BCUT2D eigenvalue weighted by Gasteiger charge is -2.33. The highest BCUT2D eigenvalue weighted by Gasteiger charge is 2.15. The van der Waals surface area contributed by atoms with E-state index < -0.39 is 0 Å². The summed E-state index contributed by atoms with van der Waals surface area (Å²) in [5.74, 6) is 1.07. The summed E-state index contributed by atoms with van der Waals surface area (Å²) in [6, 6.07) is 12.6. The van der Waals surface area contributed by atoms with Gasteiger partial charge in [-0.15, -0.1) is 0 Å². The summed E-state index contributed by atoms with van der Waals surface area (Å²) in [7, 11) is 2.17. The number of piperazine rings is 1. The summed E-state index contributed by atoms with van der Waals surface area (Å²) in [6.45, 7) is 7.16. The van der Waals surface area contributed by atoms with E-state index in [1.54, 1.807) is 6.20 Å². The maximum Gasteiger partial charge on any atom is 0.159 e. The first-order valence-corrected chi connectivity index (χ1v) is 9.52. The van der Waals surface area contributed by atoms with Crippen LogP contribution in [0.2, 0.25) is 0 Å². The van der Waals surface area contributed by atoms with Gasteiger partial charge < -0.3 is 15.1 Å². The number of nitrogens with one attached hydrogen (secondary N) is 1. The number of rotatable bonds is 5. The zero-order valence-corrected chi connectivity index (χ0v) is 16.0. The zero-order chi connectivity index (χ0) is 18.6. The highest BCUT2D eigenvalue weighted by Crippen LogP contribution is 2.17. The van der Waals surface area contributed by atoms with Gasteiger partial charge in [-0.3, -0.25) is 0 Å². The van der Waals surface area contributed by atoms with Crippen LogP contribution in [0.25, 0.3) is 11.0 Å². The third-order valence-electron chi connectivity index (χ3n) is 5.18. The van der Waals surface area contributed by atoms with Crippen LogP contribution in [0.5, 0.6) is 0 Å². The second-order valence-electron chi connectivity index (χ2n) is 7.20. The Balaban J connectivity index is 1.41. The van der Waals surface area contributed by atoms with Gasteiger partial charge in [0.2, 0.25) is 0 Å². The monoisotopic (exact) mass is 362 g/mol. The third kappa shape index (κ3) is 4.23. The summed E-state index contributed by atoms with van der Waals surface area (Å²) in [4.78, 5) is 18.3. The lowest BCUT2D eigenvalue weighted by Crippen LogP contribution is -2.44. The molecule has 6 nitrogen and oxygen atoms in total. The van der Waals surface area contributed by atoms with Crippen LogP contribution < -0.4 is 10.2 Å². The highest BCUT2D eigenvalue weighted by atomic mass is 15.3. The van der Waals surface area contributed by atoms with Crippen LogP contribution in [0.4, 0.5) is 5.82 Å². The fourth-order valence-corrected chi connectivity index (χ4v) is 3.36. The fraction of sp³-hybridized carbons (Fsp3) is 0.381. The van der Waals surface area contributed by atoms with E-state index in [0.29, 0.717) is 0 Å². The standard InChI is InChI=1S/C21H26N6/c1-16(19-6-5-18-4-3-8-23-21(18)25-19)24-15-17-7-9-22-20(14-17)27-12-10-26(2)11-13-27/h3-9,14,16,24H,10-13,15H2,1-2H3. The van der Waals surface area contributed by atoms with Crippen LogP contribution >= 0.6 is 0 Å². The first kappa shape index (κ1) is 17.8. The molecule has 0 aromatic carbocycles. The van der Waals surface area contributed by atoms with Crippen molar-refractivity contribution in [1.29, 1.82) is 0 Å². The number of anilines is 1. The number of hydrogen-bond acceptors (Lipinski definition) is 6. The van der Waals surface area contributed by atoms with Crippen molar-refractivity contribution in [2.24, 2.45) is 0 Å². The molecule has 6 heteroatoms. The third-order valence-corrected chi connectivity index (χ3v) is 5.18. The molecule has 0 saturated carbocycles. The number of likely N-dealkylation sites (N-methyl/N-ethyl adjacent to an activating group) is 1. The Morgan fingerprint density at radius 3 is 2.74 bits per heavy atom. The SMILES string of the molecule is CC(NCc1ccnc(N2CCN(C)CC2)c1)c1ccc2cccnc2n1. The molecule has 140 valence electrons. The van der Waals surface area contributed by atoms with Gasteiger partial charge in [-0.1, -0.05) is 0 Å². The quantitative estimate of drug-likeness (QED) is 0.753. The van der Waals surface area contributed by atoms with E-state index in [1.807, 2.05) is 18.3 Å². The number of pyridine rings is 3. The van der Waals surface area contributed by atoms with Crippen LogP contribution in [-0.2, 0) is 6.54 Å². The summed E-state index contributed by atoms with van der Waals surface area (Å²) in [5.41, 5.74) is 3.05. The Labute approximate surface area is 160 Å². The molecule has 0 spiro atoms. The van der Waals surface area contributed by atoms with Crippen molar-refractivity contribution in [1.82, 2.24) is 25.2 Å². The van der Waals surface area contributed by atoms with E-state index in [9.17, 15) is 0 Å². The van der Waals surface area contributed by atoms with Crippen LogP contribution in [0.15, 0.2) is 48.8 Å². The summed E-state index contributed by atoms with van der Waals surface area (Å²) in [5, 5.41) is 4.64. The van der Waals surface area contributed by atoms with Gasteiger partial charge in [0.05, 0.1) is 5.69 Å². The van der Waals surface area contributed by atoms with E-state index in [0.717, 1.165) is 55.3 Å². The van der Waals surface area contributed by atoms with Crippen LogP contribution in [0, 0.1) is 0 Å². The predicted molar refractivity (Wildman–Crippen MR) is 109 cm³/mol. The van der Waals surface area contributed by atoms with Gasteiger partial charge in [0, 0.05) is 56.5 Å². The molecule has 1 atom stereocenters. The van der Waals surface area contributed by atoms with Crippen molar-refractivity contribution in [2.45, 2.75) is 19.5 Å². The topological polar surface area (TPSA) is 57.2 Å². The van der Waals surface area contributed by atoms with Gasteiger partial charge >= 0.3 is 0 Å². The molecule has 0 aliphatic carbocycles. The average molecular weight is 362 g/mol. The molecule has 27 heavy (non-hydrogen) atoms. The van der Waals surface area contributed by atoms with Gasteiger partial charge in [0.25, 0.3) is 0 Å². The van der Waals surface area contributed by atoms with Gasteiger partial charge in [0.1, 0.15) is 5.82 Å². The van der Waals surface area contributed by atoms with Gasteiger partial charge in [-0.05, 0) is 55.9 Å². The second-order valence-corrected chi connectivity index (χ2v) is 7.20. The molecule has 4 heterocycles. The average Bonchev–Trinajstić information content (AvgIpc) is 2.72. The normalized spacial score (nSPS) is 16.6. The van der Waals surface area contributed by atoms with Crippen LogP contribution in [0.1, 0.15) is 24.2 Å². The largest absolute Gasteiger partial charge is 0.354 e. The van der Waals surface area contributed by atoms with Gasteiger partial charge in [-0.25, -0.2) is 15.0 Å². The molecule has 1 unspecified atom stereocenters. The molecule has 1 fully saturated rings. The number of nitrogens with zero attached hydrogens (tertiary/aromatic N) is 5. The number of aromatic nitrogens is 3. The van der Waals surface area contributed by atoms with Crippen LogP contribution in [0.3, 0.4) is 0 Å². The Kier molecular flexibility index (Phi) is 5.27. The summed E-state index contributed by atoms with van der Waals surface area (Å²) in [6.07, 6.45) is 3.70. The number of hydrogen-bond donors (Lipinski definition) is 1. The smallest absolute Gasteiger partial charge is 0.159 e. The predicted octanol–water partition coefficient (Wildman–Crippen LogP) is 2.63. The molecule has 4 rings (SSSR count). The molecule has 0 bridgehead atoms. The zero-order valence-electron chi connectivity index (χ0n) is 16.0. The molecule has 0 radical (unpaired) electrons. The van der Waals surface area contributed by atoms with E-state index in [2.05, 4.69) is 68.3 Å². The lowest BCUT2D eigenvalue weighted by atomic mass is 10.1. The Bertz CT molecular complexity index is 904. The molecule has 3 aromatic heterocycles. The maximum atomic E-state index is 4.69. The minimum Gasteiger partial charge on any atom is -0.354 e. The molecule has 0 amide bonds. The van der Waals surface area contributed by atoms with Crippen LogP contribution in [-0.4, -0.2) is 53.1 Å². The Hall–Kier alpha value is -2.57. The molecule has 1 aliphatic rings. The first-order chi connectivity index (χ1) is 13.2. The summed E-state index contributed by atoms with van der Waals surface area (Å²) >= 11 is 0. The van der Waals surface area contributed by atoms with Crippen molar-refractivity contribution in [3.05, 3.63) is 60.0 Å². The van der Waals surface area contributed by atoms with Crippen molar-refractivity contribution in [3.63, 3.8) is 0 Å². The minimum absolute atomic E-state index is 0.150. The molecule has 1 saturated heterocycles. The van der Waals surface area contributed by atoms with Gasteiger partial charge in [-0.2, -0.15) is 0 Å². The van der Waals surface area contributed by atoms with Crippen molar-refractivity contribution in [2.75, 3.05) is 38.1 Å². The fourth-order valence-electron chi connectivity index (χ4n) is 3.36. The maximum absolute atomic E-state index is 4.69. The Morgan fingerprint density at radius 1 is 1.04 bits per heavy atom. The lowest BCUT2D eigenvalue weighted by molar-refractivity contribution is 0.312. The van der Waals surface area contributed by atoms with Gasteiger partial charge in [0.15, 0.2) is 5.65 Å². The van der Waals surface area contributed by atoms with Crippen molar-refractivity contribution in [3.8, 4) is 0 Å². The molecular weight excluding hydrogens is 336 g/mol. The second kappa shape index (κ2) is 7.98. The van der Waals surface area contributed by atoms with Crippen molar-refractivity contribution >= 4 is 16.9 Å². The number of fused-ring (bicyclic) bond motifs is 1. The molecule has 3 aromatic rings. The molecule has 1 aliphatic heterocycles. The molecule has 1 N–H and O–H groups in total. The van der Waals surface area contributed by atoms with E-state index >= 15 is 0 Å².